The summed E-state index contributed by atoms with van der Waals surface area (Å²) < 4.78 is 1.96. The number of isothiocyanates is 1. The Morgan fingerprint density at radius 1 is 1.54 bits per heavy atom. The van der Waals surface area contributed by atoms with Crippen LogP contribution in [-0.4, -0.2) is 14.7 Å². The van der Waals surface area contributed by atoms with Crippen LogP contribution in [0, 0.1) is 0 Å². The van der Waals surface area contributed by atoms with Crippen molar-refractivity contribution in [2.45, 2.75) is 0 Å². The van der Waals surface area contributed by atoms with Gasteiger partial charge in [0.15, 0.2) is 0 Å². The Hall–Kier alpha value is -1.51. The minimum Gasteiger partial charge on any atom is -0.334 e. The van der Waals surface area contributed by atoms with Gasteiger partial charge in [0.2, 0.25) is 0 Å². The number of nitrogens with zero attached hydrogens (tertiary/aromatic N) is 3. The fraction of sp³-hybridized carbons (Fsp3) is 0.111. The van der Waals surface area contributed by atoms with Crippen LogP contribution in [0.25, 0.3) is 11.0 Å². The molecule has 0 aliphatic carbocycles. The number of aryl methyl sites for hydroxylation is 1. The highest BCUT2D eigenvalue weighted by molar-refractivity contribution is 7.78. The maximum Gasteiger partial charge on any atom is 0.0955 e. The first kappa shape index (κ1) is 8.10. The molecule has 1 aromatic heterocycles. The molecule has 1 aromatic carbocycles. The first-order valence-electron chi connectivity index (χ1n) is 3.80. The summed E-state index contributed by atoms with van der Waals surface area (Å²) >= 11 is 4.52. The lowest BCUT2D eigenvalue weighted by molar-refractivity contribution is 0.948. The van der Waals surface area contributed by atoms with Crippen molar-refractivity contribution in [3.05, 3.63) is 24.5 Å². The number of hydrogen-bond donors (Lipinski definition) is 0. The Morgan fingerprint density at radius 2 is 2.38 bits per heavy atom. The van der Waals surface area contributed by atoms with Crippen molar-refractivity contribution in [3.8, 4) is 0 Å². The average Bonchev–Trinajstić information content (AvgIpc) is 2.48. The van der Waals surface area contributed by atoms with Crippen LogP contribution in [0.5, 0.6) is 0 Å². The summed E-state index contributed by atoms with van der Waals surface area (Å²) in [6.45, 7) is 0. The first-order valence-corrected chi connectivity index (χ1v) is 4.21. The lowest BCUT2D eigenvalue weighted by Crippen LogP contribution is -1.81. The quantitative estimate of drug-likeness (QED) is 0.509. The zero-order valence-corrected chi connectivity index (χ0v) is 7.88. The van der Waals surface area contributed by atoms with E-state index in [9.17, 15) is 0 Å². The Labute approximate surface area is 80.7 Å². The lowest BCUT2D eigenvalue weighted by atomic mass is 10.3. The number of imidazole rings is 1. The monoisotopic (exact) mass is 189 g/mol. The number of aromatic nitrogens is 2. The highest BCUT2D eigenvalue weighted by Gasteiger charge is 1.99. The Kier molecular flexibility index (Phi) is 1.93. The second kappa shape index (κ2) is 3.09. The van der Waals surface area contributed by atoms with Gasteiger partial charge in [0, 0.05) is 7.05 Å². The van der Waals surface area contributed by atoms with E-state index < -0.39 is 0 Å². The molecule has 0 atom stereocenters. The molecule has 4 heteroatoms. The SMILES string of the molecule is Cn1cnc2cc(N=C=S)ccc21. The van der Waals surface area contributed by atoms with Crippen molar-refractivity contribution in [2.24, 2.45) is 12.0 Å². The molecule has 0 amide bonds. The third kappa shape index (κ3) is 1.37. The minimum atomic E-state index is 0.793. The molecule has 0 bridgehead atoms. The molecule has 1 heterocycles. The van der Waals surface area contributed by atoms with Crippen LogP contribution < -0.4 is 0 Å². The van der Waals surface area contributed by atoms with E-state index in [1.54, 1.807) is 6.33 Å². The van der Waals surface area contributed by atoms with Crippen LogP contribution in [-0.2, 0) is 7.05 Å². The zero-order chi connectivity index (χ0) is 9.26. The summed E-state index contributed by atoms with van der Waals surface area (Å²) in [4.78, 5) is 8.08. The van der Waals surface area contributed by atoms with Gasteiger partial charge >= 0.3 is 0 Å². The van der Waals surface area contributed by atoms with Gasteiger partial charge < -0.3 is 4.57 Å². The van der Waals surface area contributed by atoms with E-state index in [0.29, 0.717) is 0 Å². The highest BCUT2D eigenvalue weighted by atomic mass is 32.1. The molecule has 0 unspecified atom stereocenters. The molecule has 0 aliphatic rings. The maximum atomic E-state index is 4.52. The summed E-state index contributed by atoms with van der Waals surface area (Å²) in [6, 6.07) is 5.74. The van der Waals surface area contributed by atoms with E-state index in [4.69, 9.17) is 0 Å². The molecule has 0 radical (unpaired) electrons. The molecule has 0 fully saturated rings. The summed E-state index contributed by atoms with van der Waals surface area (Å²) in [5.74, 6) is 0. The van der Waals surface area contributed by atoms with Gasteiger partial charge in [-0.05, 0) is 30.4 Å². The van der Waals surface area contributed by atoms with Crippen LogP contribution in [0.4, 0.5) is 5.69 Å². The molecule has 0 N–H and O–H groups in total. The molecular formula is C9H7N3S. The molecule has 0 saturated heterocycles. The normalized spacial score (nSPS) is 9.92. The largest absolute Gasteiger partial charge is 0.334 e. The van der Waals surface area contributed by atoms with E-state index >= 15 is 0 Å². The predicted octanol–water partition coefficient (Wildman–Crippen LogP) is 2.31. The Balaban J connectivity index is 2.69. The number of aliphatic imine (C=N–C) groups is 1. The fourth-order valence-electron chi connectivity index (χ4n) is 1.25. The van der Waals surface area contributed by atoms with Crippen LogP contribution >= 0.6 is 12.2 Å². The van der Waals surface area contributed by atoms with Crippen molar-refractivity contribution in [3.63, 3.8) is 0 Å². The lowest BCUT2D eigenvalue weighted by Gasteiger charge is -1.93. The second-order valence-electron chi connectivity index (χ2n) is 2.73. The van der Waals surface area contributed by atoms with Gasteiger partial charge in [-0.15, -0.1) is 0 Å². The number of benzene rings is 1. The van der Waals surface area contributed by atoms with Gasteiger partial charge in [0.1, 0.15) is 0 Å². The molecule has 0 saturated carbocycles. The number of hydrogen-bond acceptors (Lipinski definition) is 3. The number of thiocarbonyl (C=S) groups is 1. The molecule has 2 aromatic rings. The number of rotatable bonds is 1. The van der Waals surface area contributed by atoms with Crippen molar-refractivity contribution in [1.82, 2.24) is 9.55 Å². The van der Waals surface area contributed by atoms with Crippen molar-refractivity contribution >= 4 is 34.1 Å². The fourth-order valence-corrected chi connectivity index (χ4v) is 1.35. The van der Waals surface area contributed by atoms with Gasteiger partial charge in [-0.25, -0.2) is 4.98 Å². The average molecular weight is 189 g/mol. The molecule has 13 heavy (non-hydrogen) atoms. The van der Waals surface area contributed by atoms with Gasteiger partial charge in [0.25, 0.3) is 0 Å². The molecule has 0 spiro atoms. The molecular weight excluding hydrogens is 182 g/mol. The van der Waals surface area contributed by atoms with Gasteiger partial charge in [-0.3, -0.25) is 0 Å². The second-order valence-corrected chi connectivity index (χ2v) is 2.91. The van der Waals surface area contributed by atoms with Crippen LogP contribution in [0.1, 0.15) is 0 Å². The minimum absolute atomic E-state index is 0.793. The van der Waals surface area contributed by atoms with Crippen molar-refractivity contribution in [2.75, 3.05) is 0 Å². The highest BCUT2D eigenvalue weighted by Crippen LogP contribution is 2.18. The smallest absolute Gasteiger partial charge is 0.0955 e. The zero-order valence-electron chi connectivity index (χ0n) is 7.06. The summed E-state index contributed by atoms with van der Waals surface area (Å²) in [6.07, 6.45) is 1.77. The van der Waals surface area contributed by atoms with Crippen LogP contribution in [0.2, 0.25) is 0 Å². The van der Waals surface area contributed by atoms with Crippen molar-refractivity contribution in [1.29, 1.82) is 0 Å². The summed E-state index contributed by atoms with van der Waals surface area (Å²) in [5, 5.41) is 2.33. The van der Waals surface area contributed by atoms with Crippen LogP contribution in [0.3, 0.4) is 0 Å². The maximum absolute atomic E-state index is 4.52. The van der Waals surface area contributed by atoms with E-state index in [0.717, 1.165) is 16.7 Å². The third-order valence-corrected chi connectivity index (χ3v) is 1.98. The standard InChI is InChI=1S/C9H7N3S/c1-12-5-10-8-4-7(11-6-13)2-3-9(8)12/h2-5H,1H3. The molecule has 0 aliphatic heterocycles. The van der Waals surface area contributed by atoms with E-state index in [1.165, 1.54) is 0 Å². The van der Waals surface area contributed by atoms with Crippen LogP contribution in [0.15, 0.2) is 29.5 Å². The van der Waals surface area contributed by atoms with Crippen molar-refractivity contribution < 1.29 is 0 Å². The Bertz CT molecular complexity index is 495. The van der Waals surface area contributed by atoms with Gasteiger partial charge in [-0.2, -0.15) is 4.99 Å². The topological polar surface area (TPSA) is 30.2 Å². The van der Waals surface area contributed by atoms with E-state index in [-0.39, 0.29) is 0 Å². The summed E-state index contributed by atoms with van der Waals surface area (Å²) in [7, 11) is 1.96. The van der Waals surface area contributed by atoms with E-state index in [2.05, 4.69) is 27.4 Å². The van der Waals surface area contributed by atoms with Gasteiger partial charge in [-0.1, -0.05) is 0 Å². The first-order chi connectivity index (χ1) is 6.31. The number of fused-ring (bicyclic) bond motifs is 1. The predicted molar refractivity (Wildman–Crippen MR) is 55.4 cm³/mol. The third-order valence-electron chi connectivity index (χ3n) is 1.88. The molecule has 64 valence electrons. The molecule has 2 rings (SSSR count). The summed E-state index contributed by atoms with van der Waals surface area (Å²) in [5.41, 5.74) is 2.80. The Morgan fingerprint density at radius 3 is 3.15 bits per heavy atom. The molecule has 3 nitrogen and oxygen atoms in total. The van der Waals surface area contributed by atoms with Gasteiger partial charge in [0.05, 0.1) is 28.2 Å². The van der Waals surface area contributed by atoms with E-state index in [1.807, 2.05) is 29.8 Å².